The average Bonchev–Trinajstić information content (AvgIpc) is 2.46. The zero-order valence-electron chi connectivity index (χ0n) is 10.5. The van der Waals surface area contributed by atoms with Crippen LogP contribution in [0, 0.1) is 20.2 Å². The number of nitrogens with zero attached hydrogens (tertiary/aromatic N) is 2. The first-order valence-corrected chi connectivity index (χ1v) is 6.75. The van der Waals surface area contributed by atoms with Crippen molar-refractivity contribution in [2.45, 2.75) is 9.79 Å². The Kier molecular flexibility index (Phi) is 3.94. The smallest absolute Gasteiger partial charge is 0.292 e. The highest BCUT2D eigenvalue weighted by Gasteiger charge is 2.24. The Morgan fingerprint density at radius 1 is 0.952 bits per heavy atom. The van der Waals surface area contributed by atoms with Gasteiger partial charge in [0.1, 0.15) is 4.90 Å². The average molecular weight is 307 g/mol. The van der Waals surface area contributed by atoms with Gasteiger partial charge in [0.2, 0.25) is 0 Å². The molecule has 0 fully saturated rings. The van der Waals surface area contributed by atoms with Gasteiger partial charge in [-0.1, -0.05) is 0 Å². The number of nitrogen functional groups attached to an aromatic ring is 1. The van der Waals surface area contributed by atoms with Crippen molar-refractivity contribution in [3.63, 3.8) is 0 Å². The second-order valence-electron chi connectivity index (χ2n) is 4.00. The molecule has 0 heterocycles. The maximum atomic E-state index is 12.4. The van der Waals surface area contributed by atoms with Gasteiger partial charge < -0.3 is 5.73 Å². The summed E-state index contributed by atoms with van der Waals surface area (Å²) in [6, 6.07) is 9.01. The van der Waals surface area contributed by atoms with Gasteiger partial charge in [0.15, 0.2) is 0 Å². The zero-order chi connectivity index (χ0) is 15.6. The van der Waals surface area contributed by atoms with E-state index in [0.29, 0.717) is 10.6 Å². The Balaban J connectivity index is 2.52. The predicted molar refractivity (Wildman–Crippen MR) is 75.3 cm³/mol. The minimum Gasteiger partial charge on any atom is -0.399 e. The van der Waals surface area contributed by atoms with Crippen LogP contribution in [-0.4, -0.2) is 14.1 Å². The van der Waals surface area contributed by atoms with Crippen LogP contribution < -0.4 is 5.73 Å². The molecule has 8 nitrogen and oxygen atoms in total. The Hall–Kier alpha value is -2.81. The molecule has 0 bridgehead atoms. The molecule has 0 radical (unpaired) electrons. The summed E-state index contributed by atoms with van der Waals surface area (Å²) in [7, 11) is -1.83. The molecule has 0 spiro atoms. The minimum atomic E-state index is -1.83. The third-order valence-corrected chi connectivity index (χ3v) is 4.09. The molecule has 0 saturated heterocycles. The lowest BCUT2D eigenvalue weighted by molar-refractivity contribution is -0.396. The van der Waals surface area contributed by atoms with Gasteiger partial charge >= 0.3 is 0 Å². The molecule has 0 aliphatic carbocycles. The Labute approximate surface area is 121 Å². The normalized spacial score (nSPS) is 11.8. The van der Waals surface area contributed by atoms with Crippen molar-refractivity contribution in [2.75, 3.05) is 5.73 Å². The van der Waals surface area contributed by atoms with Crippen molar-refractivity contribution in [1.82, 2.24) is 0 Å². The highest BCUT2D eigenvalue weighted by atomic mass is 32.2. The number of benzene rings is 2. The van der Waals surface area contributed by atoms with E-state index in [-0.39, 0.29) is 4.90 Å². The number of hydrogen-bond acceptors (Lipinski definition) is 6. The van der Waals surface area contributed by atoms with E-state index >= 15 is 0 Å². The van der Waals surface area contributed by atoms with Gasteiger partial charge in [0.05, 0.1) is 26.7 Å². The molecule has 9 heteroatoms. The standard InChI is InChI=1S/C12H9N3O5S/c13-8-1-4-10(5-2-8)21(20)12-6-3-9(14(16)17)7-11(12)15(18)19/h1-7H,13H2. The molecule has 0 amide bonds. The Bertz CT molecular complexity index is 745. The van der Waals surface area contributed by atoms with Crippen LogP contribution in [0.25, 0.3) is 0 Å². The lowest BCUT2D eigenvalue weighted by Crippen LogP contribution is -2.01. The first kappa shape index (κ1) is 14.6. The molecule has 2 rings (SSSR count). The highest BCUT2D eigenvalue weighted by Crippen LogP contribution is 2.30. The zero-order valence-corrected chi connectivity index (χ0v) is 11.3. The van der Waals surface area contributed by atoms with Crippen molar-refractivity contribution < 1.29 is 14.1 Å². The number of anilines is 1. The van der Waals surface area contributed by atoms with Crippen LogP contribution in [0.5, 0.6) is 0 Å². The molecule has 1 unspecified atom stereocenters. The van der Waals surface area contributed by atoms with Crippen LogP contribution in [0.4, 0.5) is 17.1 Å². The summed E-state index contributed by atoms with van der Waals surface area (Å²) in [4.78, 5) is 20.4. The topological polar surface area (TPSA) is 129 Å². The van der Waals surface area contributed by atoms with E-state index in [9.17, 15) is 24.4 Å². The molecule has 2 aromatic rings. The summed E-state index contributed by atoms with van der Waals surface area (Å²) in [5.74, 6) is 0. The third kappa shape index (κ3) is 3.03. The molecule has 0 aliphatic rings. The SMILES string of the molecule is Nc1ccc(S(=O)c2ccc([N+](=O)[O-])cc2[N+](=O)[O-])cc1. The maximum Gasteiger partial charge on any atom is 0.292 e. The maximum absolute atomic E-state index is 12.4. The number of nitrogens with two attached hydrogens (primary N) is 1. The highest BCUT2D eigenvalue weighted by molar-refractivity contribution is 7.85. The van der Waals surface area contributed by atoms with Crippen LogP contribution in [0.1, 0.15) is 0 Å². The predicted octanol–water partition coefficient (Wildman–Crippen LogP) is 2.25. The van der Waals surface area contributed by atoms with Crippen LogP contribution in [0.2, 0.25) is 0 Å². The first-order valence-electron chi connectivity index (χ1n) is 5.60. The van der Waals surface area contributed by atoms with Gasteiger partial charge in [-0.3, -0.25) is 20.2 Å². The van der Waals surface area contributed by atoms with Crippen LogP contribution in [0.3, 0.4) is 0 Å². The lowest BCUT2D eigenvalue weighted by atomic mass is 10.3. The molecule has 0 saturated carbocycles. The van der Waals surface area contributed by atoms with E-state index in [1.54, 1.807) is 0 Å². The van der Waals surface area contributed by atoms with Crippen LogP contribution in [-0.2, 0) is 10.8 Å². The fraction of sp³-hybridized carbons (Fsp3) is 0. The van der Waals surface area contributed by atoms with Gasteiger partial charge in [-0.25, -0.2) is 4.21 Å². The van der Waals surface area contributed by atoms with Crippen molar-refractivity contribution >= 4 is 27.9 Å². The molecular formula is C12H9N3O5S. The monoisotopic (exact) mass is 307 g/mol. The summed E-state index contributed by atoms with van der Waals surface area (Å²) in [5, 5.41) is 21.7. The molecule has 108 valence electrons. The second kappa shape index (κ2) is 5.67. The van der Waals surface area contributed by atoms with E-state index in [4.69, 9.17) is 5.73 Å². The largest absolute Gasteiger partial charge is 0.399 e. The summed E-state index contributed by atoms with van der Waals surface area (Å²) in [5.41, 5.74) is 4.99. The molecule has 2 aromatic carbocycles. The summed E-state index contributed by atoms with van der Waals surface area (Å²) >= 11 is 0. The Morgan fingerprint density at radius 2 is 1.57 bits per heavy atom. The van der Waals surface area contributed by atoms with Gasteiger partial charge in [0, 0.05) is 16.6 Å². The molecule has 2 N–H and O–H groups in total. The van der Waals surface area contributed by atoms with E-state index in [1.807, 2.05) is 0 Å². The summed E-state index contributed by atoms with van der Waals surface area (Å²) in [6.07, 6.45) is 0. The van der Waals surface area contributed by atoms with Gasteiger partial charge in [0.25, 0.3) is 11.4 Å². The van der Waals surface area contributed by atoms with E-state index in [1.165, 1.54) is 24.3 Å². The molecule has 21 heavy (non-hydrogen) atoms. The van der Waals surface area contributed by atoms with Gasteiger partial charge in [-0.15, -0.1) is 0 Å². The lowest BCUT2D eigenvalue weighted by Gasteiger charge is -2.04. The minimum absolute atomic E-state index is 0.102. The van der Waals surface area contributed by atoms with Gasteiger partial charge in [-0.05, 0) is 30.3 Å². The summed E-state index contributed by atoms with van der Waals surface area (Å²) in [6.45, 7) is 0. The van der Waals surface area contributed by atoms with E-state index in [2.05, 4.69) is 0 Å². The van der Waals surface area contributed by atoms with Crippen molar-refractivity contribution in [3.05, 3.63) is 62.7 Å². The van der Waals surface area contributed by atoms with Crippen molar-refractivity contribution in [1.29, 1.82) is 0 Å². The number of non-ortho nitro benzene ring substituents is 1. The van der Waals surface area contributed by atoms with Crippen LogP contribution in [0.15, 0.2) is 52.3 Å². The van der Waals surface area contributed by atoms with Gasteiger partial charge in [-0.2, -0.15) is 0 Å². The third-order valence-electron chi connectivity index (χ3n) is 2.64. The number of rotatable bonds is 4. The quantitative estimate of drug-likeness (QED) is 0.524. The Morgan fingerprint density at radius 3 is 2.10 bits per heavy atom. The van der Waals surface area contributed by atoms with Crippen molar-refractivity contribution in [3.8, 4) is 0 Å². The second-order valence-corrected chi connectivity index (χ2v) is 5.45. The fourth-order valence-electron chi connectivity index (χ4n) is 1.64. The molecular weight excluding hydrogens is 298 g/mol. The number of nitro groups is 2. The fourth-order valence-corrected chi connectivity index (χ4v) is 2.79. The van der Waals surface area contributed by atoms with E-state index in [0.717, 1.165) is 18.2 Å². The first-order chi connectivity index (χ1) is 9.90. The van der Waals surface area contributed by atoms with Crippen LogP contribution >= 0.6 is 0 Å². The molecule has 0 aliphatic heterocycles. The number of nitro benzene ring substituents is 2. The summed E-state index contributed by atoms with van der Waals surface area (Å²) < 4.78 is 12.4. The van der Waals surface area contributed by atoms with E-state index < -0.39 is 32.0 Å². The molecule has 0 aromatic heterocycles. The van der Waals surface area contributed by atoms with Crippen molar-refractivity contribution in [2.24, 2.45) is 0 Å². The number of hydrogen-bond donors (Lipinski definition) is 1. The molecule has 1 atom stereocenters.